The highest BCUT2D eigenvalue weighted by molar-refractivity contribution is 5.92. The lowest BCUT2D eigenvalue weighted by Gasteiger charge is -2.10. The molecule has 6 heteroatoms. The van der Waals surface area contributed by atoms with Crippen LogP contribution in [0.1, 0.15) is 102 Å². The molecule has 3 nitrogen and oxygen atoms in total. The van der Waals surface area contributed by atoms with E-state index < -0.39 is 11.7 Å². The van der Waals surface area contributed by atoms with Gasteiger partial charge in [0.15, 0.2) is 0 Å². The number of unbranched alkanes of at least 4 members (excludes halogenated alkanes) is 13. The van der Waals surface area contributed by atoms with Gasteiger partial charge in [0.2, 0.25) is 5.91 Å². The highest BCUT2D eigenvalue weighted by Crippen LogP contribution is 2.30. The molecule has 0 radical (unpaired) electrons. The van der Waals surface area contributed by atoms with Crippen LogP contribution >= 0.6 is 0 Å². The lowest BCUT2D eigenvalue weighted by Crippen LogP contribution is -2.28. The van der Waals surface area contributed by atoms with Crippen molar-refractivity contribution in [1.29, 1.82) is 0 Å². The summed E-state index contributed by atoms with van der Waals surface area (Å²) in [6, 6.07) is 4.69. The van der Waals surface area contributed by atoms with E-state index in [9.17, 15) is 18.0 Å². The number of hydrogen-bond donors (Lipinski definition) is 2. The van der Waals surface area contributed by atoms with Crippen molar-refractivity contribution >= 4 is 11.6 Å². The van der Waals surface area contributed by atoms with Gasteiger partial charge in [-0.05, 0) is 31.2 Å². The van der Waals surface area contributed by atoms with E-state index in [1.54, 1.807) is 0 Å². The monoisotopic (exact) mass is 442 g/mol. The Morgan fingerprint density at radius 3 is 1.84 bits per heavy atom. The molecule has 0 aliphatic carbocycles. The molecule has 0 fully saturated rings. The fraction of sp³-hybridized carbons (Fsp3) is 0.720. The Balaban J connectivity index is 1.92. The Kier molecular flexibility index (Phi) is 15.1. The van der Waals surface area contributed by atoms with Gasteiger partial charge in [-0.25, -0.2) is 0 Å². The fourth-order valence-electron chi connectivity index (χ4n) is 3.62. The molecule has 1 amide bonds. The van der Waals surface area contributed by atoms with Crippen LogP contribution in [0.5, 0.6) is 0 Å². The van der Waals surface area contributed by atoms with Crippen LogP contribution in [0.25, 0.3) is 0 Å². The summed E-state index contributed by atoms with van der Waals surface area (Å²) in [5.41, 5.74) is -0.598. The molecule has 1 aromatic carbocycles. The highest BCUT2D eigenvalue weighted by atomic mass is 19.4. The number of carbonyl (C=O) groups excluding carboxylic acids is 1. The maximum Gasteiger partial charge on any atom is 0.416 e. The van der Waals surface area contributed by atoms with E-state index in [1.807, 2.05) is 0 Å². The largest absolute Gasteiger partial charge is 0.416 e. The molecule has 1 rings (SSSR count). The van der Waals surface area contributed by atoms with Crippen molar-refractivity contribution in [2.45, 2.75) is 103 Å². The second-order valence-electron chi connectivity index (χ2n) is 8.40. The third kappa shape index (κ3) is 15.0. The molecule has 2 N–H and O–H groups in total. The lowest BCUT2D eigenvalue weighted by molar-refractivity contribution is -0.137. The maximum absolute atomic E-state index is 12.7. The molecule has 31 heavy (non-hydrogen) atoms. The summed E-state index contributed by atoms with van der Waals surface area (Å²) in [6.45, 7) is 3.10. The fourth-order valence-corrected chi connectivity index (χ4v) is 3.62. The van der Waals surface area contributed by atoms with Gasteiger partial charge in [-0.15, -0.1) is 0 Å². The number of anilines is 1. The van der Waals surface area contributed by atoms with Crippen LogP contribution in [-0.2, 0) is 11.0 Å². The molecule has 0 heterocycles. The Bertz CT molecular complexity index is 590. The van der Waals surface area contributed by atoms with Crippen LogP contribution in [0.15, 0.2) is 24.3 Å². The lowest BCUT2D eigenvalue weighted by atomic mass is 10.0. The number of carbonyl (C=O) groups is 1. The van der Waals surface area contributed by atoms with E-state index in [1.165, 1.54) is 89.2 Å². The van der Waals surface area contributed by atoms with Crippen molar-refractivity contribution < 1.29 is 18.0 Å². The molecule has 0 aliphatic heterocycles. The SMILES string of the molecule is CCCCCCCCCCCCCCCCNCC(=O)Nc1cccc(C(F)(F)F)c1. The number of rotatable bonds is 18. The first-order valence-electron chi connectivity index (χ1n) is 12.1. The van der Waals surface area contributed by atoms with Crippen LogP contribution in [0.3, 0.4) is 0 Å². The first kappa shape index (κ1) is 27.5. The van der Waals surface area contributed by atoms with Crippen molar-refractivity contribution in [3.63, 3.8) is 0 Å². The standard InChI is InChI=1S/C25H41F3N2O/c1-2-3-4-5-6-7-8-9-10-11-12-13-14-15-19-29-21-24(31)30-23-18-16-17-22(20-23)25(26,27)28/h16-18,20,29H,2-15,19,21H2,1H3,(H,30,31). The Hall–Kier alpha value is -1.56. The van der Waals surface area contributed by atoms with Gasteiger partial charge >= 0.3 is 6.18 Å². The average Bonchev–Trinajstić information content (AvgIpc) is 2.73. The highest BCUT2D eigenvalue weighted by Gasteiger charge is 2.30. The minimum atomic E-state index is -4.41. The number of halogens is 3. The molecule has 0 aliphatic rings. The second-order valence-corrected chi connectivity index (χ2v) is 8.40. The van der Waals surface area contributed by atoms with Gasteiger partial charge in [-0.1, -0.05) is 96.5 Å². The van der Waals surface area contributed by atoms with E-state index in [0.29, 0.717) is 0 Å². The Labute approximate surface area is 186 Å². The van der Waals surface area contributed by atoms with Gasteiger partial charge in [0.25, 0.3) is 0 Å². The second kappa shape index (κ2) is 17.0. The molecule has 0 aromatic heterocycles. The third-order valence-electron chi connectivity index (χ3n) is 5.47. The summed E-state index contributed by atoms with van der Waals surface area (Å²) in [4.78, 5) is 11.9. The predicted octanol–water partition coefficient (Wildman–Crippen LogP) is 7.71. The van der Waals surface area contributed by atoms with Gasteiger partial charge in [-0.2, -0.15) is 13.2 Å². The van der Waals surface area contributed by atoms with Crippen molar-refractivity contribution in [2.24, 2.45) is 0 Å². The number of alkyl halides is 3. The van der Waals surface area contributed by atoms with Crippen LogP contribution in [0.4, 0.5) is 18.9 Å². The molecule has 0 atom stereocenters. The number of nitrogens with one attached hydrogen (secondary N) is 2. The first-order chi connectivity index (χ1) is 14.9. The summed E-state index contributed by atoms with van der Waals surface area (Å²) in [5.74, 6) is -0.329. The number of amides is 1. The Morgan fingerprint density at radius 1 is 0.806 bits per heavy atom. The van der Waals surface area contributed by atoms with E-state index >= 15 is 0 Å². The molecular weight excluding hydrogens is 401 g/mol. The van der Waals surface area contributed by atoms with Gasteiger partial charge in [0.05, 0.1) is 12.1 Å². The van der Waals surface area contributed by atoms with Crippen molar-refractivity contribution in [3.8, 4) is 0 Å². The van der Waals surface area contributed by atoms with Gasteiger partial charge < -0.3 is 10.6 Å². The van der Waals surface area contributed by atoms with Crippen LogP contribution < -0.4 is 10.6 Å². The zero-order valence-electron chi connectivity index (χ0n) is 19.2. The predicted molar refractivity (Wildman–Crippen MR) is 123 cm³/mol. The van der Waals surface area contributed by atoms with E-state index in [0.717, 1.165) is 31.5 Å². The van der Waals surface area contributed by atoms with Gasteiger partial charge in [0.1, 0.15) is 0 Å². The molecule has 0 bridgehead atoms. The van der Waals surface area contributed by atoms with E-state index in [2.05, 4.69) is 17.6 Å². The molecular formula is C25H41F3N2O. The minimum absolute atomic E-state index is 0.106. The quantitative estimate of drug-likeness (QED) is 0.229. The van der Waals surface area contributed by atoms with Crippen LogP contribution in [0.2, 0.25) is 0 Å². The molecule has 178 valence electrons. The topological polar surface area (TPSA) is 41.1 Å². The summed E-state index contributed by atoms with van der Waals surface area (Å²) < 4.78 is 38.1. The van der Waals surface area contributed by atoms with Crippen LogP contribution in [0, 0.1) is 0 Å². The van der Waals surface area contributed by atoms with Crippen molar-refractivity contribution in [2.75, 3.05) is 18.4 Å². The summed E-state index contributed by atoms with van der Waals surface area (Å²) >= 11 is 0. The van der Waals surface area contributed by atoms with Crippen molar-refractivity contribution in [1.82, 2.24) is 5.32 Å². The zero-order valence-corrected chi connectivity index (χ0v) is 19.2. The van der Waals surface area contributed by atoms with E-state index in [4.69, 9.17) is 0 Å². The first-order valence-corrected chi connectivity index (χ1v) is 12.1. The van der Waals surface area contributed by atoms with E-state index in [-0.39, 0.29) is 18.1 Å². The molecule has 0 saturated carbocycles. The third-order valence-corrected chi connectivity index (χ3v) is 5.47. The number of benzene rings is 1. The normalized spacial score (nSPS) is 11.6. The van der Waals surface area contributed by atoms with Gasteiger partial charge in [-0.3, -0.25) is 4.79 Å². The van der Waals surface area contributed by atoms with Crippen molar-refractivity contribution in [3.05, 3.63) is 29.8 Å². The average molecular weight is 443 g/mol. The van der Waals surface area contributed by atoms with Crippen LogP contribution in [-0.4, -0.2) is 19.0 Å². The molecule has 1 aromatic rings. The summed E-state index contributed by atoms with van der Waals surface area (Å²) in [7, 11) is 0. The zero-order chi connectivity index (χ0) is 22.8. The number of hydrogen-bond acceptors (Lipinski definition) is 2. The summed E-state index contributed by atoms with van der Waals surface area (Å²) in [6.07, 6.45) is 13.9. The Morgan fingerprint density at radius 2 is 1.32 bits per heavy atom. The molecule has 0 saturated heterocycles. The molecule has 0 unspecified atom stereocenters. The smallest absolute Gasteiger partial charge is 0.325 e. The molecule has 0 spiro atoms. The summed E-state index contributed by atoms with van der Waals surface area (Å²) in [5, 5.41) is 5.56. The minimum Gasteiger partial charge on any atom is -0.325 e. The maximum atomic E-state index is 12.7. The van der Waals surface area contributed by atoms with Gasteiger partial charge in [0, 0.05) is 5.69 Å².